The van der Waals surface area contributed by atoms with Crippen molar-refractivity contribution in [3.8, 4) is 0 Å². The molecule has 1 aliphatic heterocycles. The summed E-state index contributed by atoms with van der Waals surface area (Å²) in [5.74, 6) is 0.337. The number of nitrogen functional groups attached to an aromatic ring is 1. The minimum absolute atomic E-state index is 0.0282. The number of nitrogens with two attached hydrogens (primary N) is 1. The molecule has 0 aliphatic carbocycles. The van der Waals surface area contributed by atoms with Crippen LogP contribution in [-0.2, 0) is 51.0 Å². The average molecular weight is 603 g/mol. The van der Waals surface area contributed by atoms with Gasteiger partial charge < -0.3 is 44.7 Å². The average Bonchev–Trinajstić information content (AvgIpc) is 3.47. The molecule has 2 unspecified atom stereocenters. The van der Waals surface area contributed by atoms with Crippen molar-refractivity contribution < 1.29 is 61.2 Å². The predicted octanol–water partition coefficient (Wildman–Crippen LogP) is -0.523. The molecule has 0 aromatic carbocycles. The van der Waals surface area contributed by atoms with E-state index in [-0.39, 0.29) is 23.4 Å². The van der Waals surface area contributed by atoms with E-state index in [0.717, 1.165) is 6.33 Å². The second-order valence-electron chi connectivity index (χ2n) is 7.63. The summed E-state index contributed by atoms with van der Waals surface area (Å²) >= 11 is 4.29. The maximum Gasteiger partial charge on any atom is 0.479 e. The molecule has 0 amide bonds. The van der Waals surface area contributed by atoms with Gasteiger partial charge in [-0.2, -0.15) is 0 Å². The number of hydrogen-bond donors (Lipinski definition) is 7. The highest BCUT2D eigenvalue weighted by Gasteiger charge is 2.57. The van der Waals surface area contributed by atoms with Crippen LogP contribution in [0.15, 0.2) is 35.5 Å². The number of aliphatic hydroxyl groups excluding tert-OH is 2. The Labute approximate surface area is 211 Å². The molecule has 18 nitrogen and oxygen atoms in total. The van der Waals surface area contributed by atoms with Crippen LogP contribution in [0.3, 0.4) is 0 Å². The summed E-state index contributed by atoms with van der Waals surface area (Å²) in [5.41, 5.74) is 4.28. The standard InChI is InChI=1S/C15H20N5O13P3S/c16-13-10-14(18-6-17-13)20(7-19-10)15(4-8-2-1-3-29-8)12(22)11(21)9(31-15)5-30-35(26,27)33-36(28,37)32-34(23,24)25/h1-3,6-7,9,11-12,21-22H,4-5H2,(H,26,27)(H,28,37)(H2,16,17,18)(H2,23,24,25)/t9-,11-,12-,15-,36?/m1/s1. The summed E-state index contributed by atoms with van der Waals surface area (Å²) in [6.07, 6.45) is -1.41. The van der Waals surface area contributed by atoms with Gasteiger partial charge in [0, 0.05) is 0 Å². The minimum atomic E-state index is -5.38. The van der Waals surface area contributed by atoms with Crippen LogP contribution < -0.4 is 5.73 Å². The van der Waals surface area contributed by atoms with Crippen molar-refractivity contribution in [2.45, 2.75) is 30.5 Å². The topological polar surface area (TPSA) is 275 Å². The highest BCUT2D eigenvalue weighted by atomic mass is 32.5. The Hall–Kier alpha value is -1.66. The summed E-state index contributed by atoms with van der Waals surface area (Å²) in [7, 11) is -10.7. The van der Waals surface area contributed by atoms with E-state index in [1.54, 1.807) is 12.1 Å². The first-order chi connectivity index (χ1) is 17.1. The van der Waals surface area contributed by atoms with Crippen LogP contribution in [0.25, 0.3) is 11.2 Å². The molecule has 4 heterocycles. The van der Waals surface area contributed by atoms with Gasteiger partial charge in [0.2, 0.25) is 0 Å². The van der Waals surface area contributed by atoms with E-state index in [4.69, 9.17) is 29.2 Å². The molecule has 0 radical (unpaired) electrons. The molecule has 6 atom stereocenters. The first-order valence-corrected chi connectivity index (χ1v) is 15.5. The van der Waals surface area contributed by atoms with Gasteiger partial charge in [0.25, 0.3) is 0 Å². The van der Waals surface area contributed by atoms with E-state index >= 15 is 0 Å². The van der Waals surface area contributed by atoms with Gasteiger partial charge >= 0.3 is 22.4 Å². The fourth-order valence-electron chi connectivity index (χ4n) is 3.70. The van der Waals surface area contributed by atoms with Crippen molar-refractivity contribution in [1.29, 1.82) is 0 Å². The largest absolute Gasteiger partial charge is 0.479 e. The number of ether oxygens (including phenoxy) is 1. The Morgan fingerprint density at radius 1 is 1.16 bits per heavy atom. The molecule has 22 heteroatoms. The highest BCUT2D eigenvalue weighted by molar-refractivity contribution is 8.09. The van der Waals surface area contributed by atoms with Crippen molar-refractivity contribution in [1.82, 2.24) is 19.5 Å². The minimum Gasteiger partial charge on any atom is -0.469 e. The number of aliphatic hydroxyl groups is 2. The third kappa shape index (κ3) is 6.16. The van der Waals surface area contributed by atoms with Crippen LogP contribution in [0.2, 0.25) is 0 Å². The summed E-state index contributed by atoms with van der Waals surface area (Å²) in [4.78, 5) is 49.1. The van der Waals surface area contributed by atoms with Crippen LogP contribution in [0.4, 0.5) is 5.82 Å². The van der Waals surface area contributed by atoms with Crippen molar-refractivity contribution in [3.63, 3.8) is 0 Å². The molecule has 3 aromatic rings. The van der Waals surface area contributed by atoms with Crippen LogP contribution in [0.1, 0.15) is 5.76 Å². The number of nitrogens with zero attached hydrogens (tertiary/aromatic N) is 4. The third-order valence-electron chi connectivity index (χ3n) is 5.12. The summed E-state index contributed by atoms with van der Waals surface area (Å²) in [6.45, 7) is -5.86. The Kier molecular flexibility index (Phi) is 7.77. The van der Waals surface area contributed by atoms with Crippen LogP contribution >= 0.6 is 22.4 Å². The lowest BCUT2D eigenvalue weighted by Gasteiger charge is -2.33. The predicted molar refractivity (Wildman–Crippen MR) is 124 cm³/mol. The van der Waals surface area contributed by atoms with Gasteiger partial charge in [-0.25, -0.2) is 32.7 Å². The number of furan rings is 1. The number of aromatic nitrogens is 4. The summed E-state index contributed by atoms with van der Waals surface area (Å²) in [5, 5.41) is 21.9. The first-order valence-electron chi connectivity index (χ1n) is 9.91. The Bertz CT molecular complexity index is 1420. The second kappa shape index (κ2) is 10.1. The lowest BCUT2D eigenvalue weighted by atomic mass is 9.97. The van der Waals surface area contributed by atoms with Crippen molar-refractivity contribution in [2.24, 2.45) is 0 Å². The van der Waals surface area contributed by atoms with Gasteiger partial charge in [0.15, 0.2) is 17.2 Å². The van der Waals surface area contributed by atoms with Crippen molar-refractivity contribution in [3.05, 3.63) is 36.8 Å². The molecule has 0 bridgehead atoms. The SMILES string of the molecule is Nc1ncnc2c1ncn2[C@]1(Cc2ccco2)O[C@H](COP(=O)(O)OP(O)(=S)OP(=O)(O)O)[C@@H](O)[C@H]1O. The molecule has 4 rings (SSSR count). The number of imidazole rings is 1. The fourth-order valence-corrected chi connectivity index (χ4v) is 8.27. The number of phosphoric acid groups is 2. The molecule has 37 heavy (non-hydrogen) atoms. The number of phosphoric ester groups is 1. The van der Waals surface area contributed by atoms with Gasteiger partial charge in [-0.15, -0.1) is 0 Å². The van der Waals surface area contributed by atoms with Gasteiger partial charge in [-0.05, 0) is 23.9 Å². The van der Waals surface area contributed by atoms with Crippen molar-refractivity contribution in [2.75, 3.05) is 12.3 Å². The quantitative estimate of drug-likeness (QED) is 0.144. The van der Waals surface area contributed by atoms with Crippen molar-refractivity contribution >= 4 is 51.2 Å². The first kappa shape index (κ1) is 28.4. The molecule has 1 aliphatic rings. The lowest BCUT2D eigenvalue weighted by molar-refractivity contribution is -0.146. The maximum absolute atomic E-state index is 12.2. The highest BCUT2D eigenvalue weighted by Crippen LogP contribution is 2.66. The Balaban J connectivity index is 1.61. The smallest absolute Gasteiger partial charge is 0.469 e. The van der Waals surface area contributed by atoms with E-state index in [2.05, 4.69) is 35.4 Å². The van der Waals surface area contributed by atoms with E-state index in [1.807, 2.05) is 0 Å². The molecular formula is C15H20N5O13P3S. The molecule has 0 spiro atoms. The van der Waals surface area contributed by atoms with Gasteiger partial charge in [-0.3, -0.25) is 9.09 Å². The number of fused-ring (bicyclic) bond motifs is 1. The summed E-state index contributed by atoms with van der Waals surface area (Å²) < 4.78 is 48.4. The molecule has 3 aromatic heterocycles. The molecule has 204 valence electrons. The van der Waals surface area contributed by atoms with Gasteiger partial charge in [0.05, 0.1) is 25.6 Å². The maximum atomic E-state index is 12.2. The number of hydrogen-bond acceptors (Lipinski definition) is 14. The Morgan fingerprint density at radius 2 is 1.89 bits per heavy atom. The normalized spacial score (nSPS) is 27.8. The lowest BCUT2D eigenvalue weighted by Crippen LogP contribution is -2.47. The molecular weight excluding hydrogens is 583 g/mol. The van der Waals surface area contributed by atoms with E-state index in [1.165, 1.54) is 17.2 Å². The Morgan fingerprint density at radius 3 is 2.54 bits per heavy atom. The summed E-state index contributed by atoms with van der Waals surface area (Å²) in [6, 6.07) is 3.15. The number of anilines is 1. The molecule has 0 saturated carbocycles. The number of rotatable bonds is 10. The zero-order valence-corrected chi connectivity index (χ0v) is 21.7. The van der Waals surface area contributed by atoms with Gasteiger partial charge in [0.1, 0.15) is 35.9 Å². The monoisotopic (exact) mass is 603 g/mol. The van der Waals surface area contributed by atoms with E-state index < -0.39 is 53.0 Å². The third-order valence-corrected chi connectivity index (χ3v) is 10.1. The molecule has 8 N–H and O–H groups in total. The van der Waals surface area contributed by atoms with Crippen LogP contribution in [0, 0.1) is 0 Å². The zero-order chi connectivity index (χ0) is 27.2. The van der Waals surface area contributed by atoms with E-state index in [9.17, 15) is 29.1 Å². The van der Waals surface area contributed by atoms with Crippen LogP contribution in [-0.4, -0.2) is 74.2 Å². The van der Waals surface area contributed by atoms with Gasteiger partial charge in [-0.1, -0.05) is 0 Å². The fraction of sp³-hybridized carbons (Fsp3) is 0.400. The zero-order valence-electron chi connectivity index (χ0n) is 18.2. The van der Waals surface area contributed by atoms with Crippen LogP contribution in [0.5, 0.6) is 0 Å². The second-order valence-corrected chi connectivity index (χ2v) is 13.4. The molecule has 1 saturated heterocycles. The molecule has 1 fully saturated rings. The van der Waals surface area contributed by atoms with E-state index in [0.29, 0.717) is 5.76 Å².